The van der Waals surface area contributed by atoms with Gasteiger partial charge in [-0.2, -0.15) is 0 Å². The summed E-state index contributed by atoms with van der Waals surface area (Å²) in [5.74, 6) is -1.18. The fraction of sp³-hybridized carbons (Fsp3) is 0.462. The highest BCUT2D eigenvalue weighted by atomic mass is 32.2. The third-order valence-corrected chi connectivity index (χ3v) is 4.41. The van der Waals surface area contributed by atoms with Crippen molar-refractivity contribution in [1.29, 1.82) is 0 Å². The van der Waals surface area contributed by atoms with Crippen molar-refractivity contribution in [2.24, 2.45) is 0 Å². The van der Waals surface area contributed by atoms with Crippen LogP contribution in [0.25, 0.3) is 0 Å². The van der Waals surface area contributed by atoms with Crippen molar-refractivity contribution in [2.45, 2.75) is 37.1 Å². The van der Waals surface area contributed by atoms with Crippen molar-refractivity contribution < 1.29 is 24.1 Å². The van der Waals surface area contributed by atoms with Gasteiger partial charge in [-0.25, -0.2) is 13.1 Å². The Labute approximate surface area is 119 Å². The monoisotopic (exact) mass is 300 g/mol. The number of unbranched alkanes of at least 4 members (excludes halogenated alkanes) is 1. The van der Waals surface area contributed by atoms with Gasteiger partial charge in [-0.15, -0.1) is 0 Å². The van der Waals surface area contributed by atoms with E-state index in [1.54, 1.807) is 24.3 Å². The summed E-state index contributed by atoms with van der Waals surface area (Å²) in [7, 11) is -3.49. The molecule has 6 nitrogen and oxygen atoms in total. The number of benzene rings is 1. The zero-order valence-corrected chi connectivity index (χ0v) is 12.3. The Morgan fingerprint density at radius 2 is 1.90 bits per heavy atom. The molecule has 4 N–H and O–H groups in total. The average Bonchev–Trinajstić information content (AvgIpc) is 2.38. The number of aryl methyl sites for hydroxylation is 1. The molecule has 1 aromatic rings. The van der Waals surface area contributed by atoms with Crippen LogP contribution in [0.2, 0.25) is 0 Å². The second kappa shape index (κ2) is 7.37. The molecule has 1 aromatic carbocycles. The summed E-state index contributed by atoms with van der Waals surface area (Å²) in [5, 5.41) is 10.4. The Balaban J connectivity index is 2.37. The average molecular weight is 300 g/mol. The normalized spacial score (nSPS) is 13.1. The first kappa shape index (κ1) is 16.6. The van der Waals surface area contributed by atoms with Crippen molar-refractivity contribution in [3.05, 3.63) is 29.8 Å². The van der Waals surface area contributed by atoms with Gasteiger partial charge >= 0.3 is 0 Å². The van der Waals surface area contributed by atoms with Crippen LogP contribution in [-0.4, -0.2) is 27.0 Å². The van der Waals surface area contributed by atoms with E-state index in [0.717, 1.165) is 5.56 Å². The van der Waals surface area contributed by atoms with Crippen LogP contribution in [-0.2, 0) is 14.8 Å². The van der Waals surface area contributed by atoms with E-state index in [1.807, 2.05) is 6.92 Å². The van der Waals surface area contributed by atoms with Crippen LogP contribution in [0.1, 0.15) is 24.8 Å². The molecule has 0 bridgehead atoms. The number of aliphatic carboxylic acids is 1. The number of carbonyl (C=O) groups is 1. The number of carboxylic acid groups (broad SMARTS) is 1. The lowest BCUT2D eigenvalue weighted by Gasteiger charge is -2.09. The number of carbonyl (C=O) groups excluding carboxylic acids is 1. The van der Waals surface area contributed by atoms with E-state index in [1.165, 1.54) is 0 Å². The number of quaternary nitrogens is 1. The molecule has 0 aliphatic carbocycles. The topological polar surface area (TPSA) is 114 Å². The minimum atomic E-state index is -3.49. The molecule has 0 saturated carbocycles. The molecule has 1 rings (SSSR count). The molecule has 1 atom stereocenters. The highest BCUT2D eigenvalue weighted by molar-refractivity contribution is 7.89. The fourth-order valence-corrected chi connectivity index (χ4v) is 2.71. The highest BCUT2D eigenvalue weighted by Crippen LogP contribution is 2.09. The molecule has 0 unspecified atom stereocenters. The molecular weight excluding hydrogens is 280 g/mol. The summed E-state index contributed by atoms with van der Waals surface area (Å²) >= 11 is 0. The molecule has 112 valence electrons. The van der Waals surface area contributed by atoms with Crippen LogP contribution in [0.15, 0.2) is 29.2 Å². The van der Waals surface area contributed by atoms with Crippen LogP contribution in [0.3, 0.4) is 0 Å². The van der Waals surface area contributed by atoms with Gasteiger partial charge in [0, 0.05) is 13.0 Å². The van der Waals surface area contributed by atoms with E-state index in [0.29, 0.717) is 19.3 Å². The lowest BCUT2D eigenvalue weighted by atomic mass is 10.1. The van der Waals surface area contributed by atoms with Gasteiger partial charge in [0.25, 0.3) is 0 Å². The second-order valence-electron chi connectivity index (χ2n) is 4.72. The molecule has 0 heterocycles. The molecule has 0 aliphatic rings. The van der Waals surface area contributed by atoms with E-state index in [9.17, 15) is 18.3 Å². The third kappa shape index (κ3) is 5.28. The predicted molar refractivity (Wildman–Crippen MR) is 71.9 cm³/mol. The third-order valence-electron chi connectivity index (χ3n) is 2.94. The fourth-order valence-electron chi connectivity index (χ4n) is 1.64. The minimum Gasteiger partial charge on any atom is -0.544 e. The number of rotatable bonds is 8. The summed E-state index contributed by atoms with van der Waals surface area (Å²) in [5.41, 5.74) is 4.43. The molecule has 0 fully saturated rings. The van der Waals surface area contributed by atoms with Crippen LogP contribution >= 0.6 is 0 Å². The van der Waals surface area contributed by atoms with Crippen LogP contribution in [0.4, 0.5) is 0 Å². The van der Waals surface area contributed by atoms with Gasteiger partial charge < -0.3 is 15.6 Å². The first-order chi connectivity index (χ1) is 9.33. The van der Waals surface area contributed by atoms with Crippen molar-refractivity contribution in [3.8, 4) is 0 Å². The van der Waals surface area contributed by atoms with Gasteiger partial charge in [0.1, 0.15) is 6.04 Å². The van der Waals surface area contributed by atoms with E-state index in [-0.39, 0.29) is 11.4 Å². The Hall–Kier alpha value is -1.44. The number of nitrogens with one attached hydrogen (secondary N) is 1. The number of hydrogen-bond donors (Lipinski definition) is 2. The van der Waals surface area contributed by atoms with Crippen LogP contribution in [0, 0.1) is 6.92 Å². The van der Waals surface area contributed by atoms with Crippen LogP contribution in [0.5, 0.6) is 0 Å². The summed E-state index contributed by atoms with van der Waals surface area (Å²) in [6.45, 7) is 2.16. The van der Waals surface area contributed by atoms with Gasteiger partial charge in [-0.1, -0.05) is 17.7 Å². The molecule has 0 spiro atoms. The Morgan fingerprint density at radius 1 is 1.30 bits per heavy atom. The highest BCUT2D eigenvalue weighted by Gasteiger charge is 2.13. The Bertz CT molecular complexity index is 540. The smallest absolute Gasteiger partial charge is 0.240 e. The van der Waals surface area contributed by atoms with Crippen LogP contribution < -0.4 is 15.6 Å². The number of carboxylic acids is 1. The summed E-state index contributed by atoms with van der Waals surface area (Å²) in [4.78, 5) is 10.7. The van der Waals surface area contributed by atoms with E-state index >= 15 is 0 Å². The minimum absolute atomic E-state index is 0.230. The number of sulfonamides is 1. The predicted octanol–water partition coefficient (Wildman–Crippen LogP) is -1.20. The molecule has 7 heteroatoms. The van der Waals surface area contributed by atoms with Crippen molar-refractivity contribution >= 4 is 16.0 Å². The van der Waals surface area contributed by atoms with E-state index in [2.05, 4.69) is 10.5 Å². The summed E-state index contributed by atoms with van der Waals surface area (Å²) in [6, 6.07) is 5.84. The Kier molecular flexibility index (Phi) is 6.12. The van der Waals surface area contributed by atoms with Crippen molar-refractivity contribution in [1.82, 2.24) is 4.72 Å². The first-order valence-electron chi connectivity index (χ1n) is 6.43. The van der Waals surface area contributed by atoms with E-state index in [4.69, 9.17) is 0 Å². The van der Waals surface area contributed by atoms with Gasteiger partial charge in [0.05, 0.1) is 10.9 Å². The van der Waals surface area contributed by atoms with Gasteiger partial charge in [0.15, 0.2) is 0 Å². The van der Waals surface area contributed by atoms with Gasteiger partial charge in [-0.3, -0.25) is 0 Å². The number of hydrogen-bond acceptors (Lipinski definition) is 4. The molecule has 20 heavy (non-hydrogen) atoms. The standard InChI is InChI=1S/C13H20N2O4S/c1-10-5-7-11(8-6-10)20(18,19)15-9-3-2-4-12(14)13(16)17/h5-8,12,15H,2-4,9,14H2,1H3,(H,16,17)/t12-/m0/s1. The van der Waals surface area contributed by atoms with E-state index < -0.39 is 22.0 Å². The molecule has 0 saturated heterocycles. The molecular formula is C13H20N2O4S. The molecule has 0 amide bonds. The van der Waals surface area contributed by atoms with Crippen molar-refractivity contribution in [3.63, 3.8) is 0 Å². The zero-order chi connectivity index (χ0) is 15.2. The lowest BCUT2D eigenvalue weighted by Crippen LogP contribution is -2.68. The Morgan fingerprint density at radius 3 is 2.45 bits per heavy atom. The maximum atomic E-state index is 11.9. The quantitative estimate of drug-likeness (QED) is 0.587. The maximum absolute atomic E-state index is 11.9. The first-order valence-corrected chi connectivity index (χ1v) is 7.91. The van der Waals surface area contributed by atoms with Gasteiger partial charge in [0.2, 0.25) is 10.0 Å². The summed E-state index contributed by atoms with van der Waals surface area (Å²) < 4.78 is 26.3. The maximum Gasteiger partial charge on any atom is 0.240 e. The molecule has 0 radical (unpaired) electrons. The second-order valence-corrected chi connectivity index (χ2v) is 6.49. The molecule has 0 aromatic heterocycles. The zero-order valence-electron chi connectivity index (χ0n) is 11.5. The van der Waals surface area contributed by atoms with Crippen molar-refractivity contribution in [2.75, 3.05) is 6.54 Å². The largest absolute Gasteiger partial charge is 0.544 e. The summed E-state index contributed by atoms with van der Waals surface area (Å²) in [6.07, 6.45) is 1.53. The van der Waals surface area contributed by atoms with Gasteiger partial charge in [-0.05, 0) is 31.9 Å². The SMILES string of the molecule is Cc1ccc(S(=O)(=O)NCCCC[C@H]([NH3+])C(=O)[O-])cc1. The molecule has 0 aliphatic heterocycles. The lowest BCUT2D eigenvalue weighted by molar-refractivity contribution is -0.438.